The van der Waals surface area contributed by atoms with Gasteiger partial charge in [0.05, 0.1) is 13.0 Å². The summed E-state index contributed by atoms with van der Waals surface area (Å²) in [4.78, 5) is 38.0. The summed E-state index contributed by atoms with van der Waals surface area (Å²) in [6.45, 7) is 4.85. The quantitative estimate of drug-likeness (QED) is 0.608. The Hall–Kier alpha value is -2.34. The topological polar surface area (TPSA) is 75.7 Å². The van der Waals surface area contributed by atoms with E-state index in [4.69, 9.17) is 16.3 Å². The maximum atomic E-state index is 12.5. The van der Waals surface area contributed by atoms with Crippen molar-refractivity contribution in [2.75, 3.05) is 19.7 Å². The van der Waals surface area contributed by atoms with Crippen molar-refractivity contribution >= 4 is 35.5 Å². The number of halogens is 1. The second-order valence-electron chi connectivity index (χ2n) is 6.50. The van der Waals surface area contributed by atoms with E-state index >= 15 is 0 Å². The molecule has 1 heterocycles. The molecule has 1 aliphatic rings. The van der Waals surface area contributed by atoms with Crippen LogP contribution in [0.15, 0.2) is 30.3 Å². The lowest BCUT2D eigenvalue weighted by Gasteiger charge is -2.33. The van der Waals surface area contributed by atoms with Crippen LogP contribution in [0.5, 0.6) is 0 Å². The molecule has 1 saturated heterocycles. The van der Waals surface area contributed by atoms with Gasteiger partial charge < -0.3 is 15.0 Å². The van der Waals surface area contributed by atoms with Crippen LogP contribution in [-0.4, -0.2) is 48.4 Å². The Morgan fingerprint density at radius 3 is 2.69 bits per heavy atom. The highest BCUT2D eigenvalue weighted by molar-refractivity contribution is 6.30. The van der Waals surface area contributed by atoms with Crippen molar-refractivity contribution in [1.29, 1.82) is 0 Å². The van der Waals surface area contributed by atoms with Crippen LogP contribution in [0.25, 0.3) is 6.08 Å². The number of esters is 1. The van der Waals surface area contributed by atoms with Crippen molar-refractivity contribution in [3.63, 3.8) is 0 Å². The highest BCUT2D eigenvalue weighted by atomic mass is 35.5. The minimum absolute atomic E-state index is 0.154. The maximum absolute atomic E-state index is 12.5. The molecule has 6 nitrogen and oxygen atoms in total. The van der Waals surface area contributed by atoms with Crippen LogP contribution in [-0.2, 0) is 19.1 Å². The lowest BCUT2D eigenvalue weighted by atomic mass is 10.1. The average Bonchev–Trinajstić information content (AvgIpc) is 2.61. The monoisotopic (exact) mass is 378 g/mol. The fourth-order valence-corrected chi connectivity index (χ4v) is 2.62. The fraction of sp³-hybridized carbons (Fsp3) is 0.421. The lowest BCUT2D eigenvalue weighted by Crippen LogP contribution is -2.57. The number of ether oxygens (including phenoxy) is 1. The van der Waals surface area contributed by atoms with Gasteiger partial charge in [-0.1, -0.05) is 37.6 Å². The minimum atomic E-state index is -0.856. The maximum Gasteiger partial charge on any atom is 0.308 e. The number of benzene rings is 1. The second-order valence-corrected chi connectivity index (χ2v) is 6.94. The number of nitrogens with one attached hydrogen (secondary N) is 1. The Morgan fingerprint density at radius 1 is 1.35 bits per heavy atom. The van der Waals surface area contributed by atoms with Crippen LogP contribution >= 0.6 is 11.6 Å². The largest absolute Gasteiger partial charge is 0.465 e. The molecule has 1 aromatic carbocycles. The Morgan fingerprint density at radius 2 is 2.04 bits per heavy atom. The zero-order chi connectivity index (χ0) is 19.1. The van der Waals surface area contributed by atoms with Crippen molar-refractivity contribution in [2.24, 2.45) is 5.92 Å². The Kier molecular flexibility index (Phi) is 7.21. The Labute approximate surface area is 158 Å². The summed E-state index contributed by atoms with van der Waals surface area (Å²) in [6, 6.07) is 6.18. The molecule has 140 valence electrons. The van der Waals surface area contributed by atoms with Crippen molar-refractivity contribution in [3.8, 4) is 0 Å². The van der Waals surface area contributed by atoms with E-state index in [0.29, 0.717) is 18.1 Å². The first-order valence-electron chi connectivity index (χ1n) is 8.54. The van der Waals surface area contributed by atoms with E-state index in [1.807, 2.05) is 13.8 Å². The Balaban J connectivity index is 2.03. The normalized spacial score (nSPS) is 17.5. The second kappa shape index (κ2) is 9.38. The van der Waals surface area contributed by atoms with Crippen molar-refractivity contribution in [1.82, 2.24) is 10.2 Å². The van der Waals surface area contributed by atoms with E-state index in [2.05, 4.69) is 5.32 Å². The first-order valence-corrected chi connectivity index (χ1v) is 8.92. The zero-order valence-electron chi connectivity index (χ0n) is 14.9. The summed E-state index contributed by atoms with van der Waals surface area (Å²) in [5, 5.41) is 3.30. The SMILES string of the molecule is CC(C)COC(=O)CC1C(=O)NCCN1C(=O)/C=C/c1ccc(Cl)cc1. The number of amides is 2. The van der Waals surface area contributed by atoms with E-state index < -0.39 is 12.0 Å². The van der Waals surface area contributed by atoms with Crippen LogP contribution in [0, 0.1) is 5.92 Å². The molecule has 0 radical (unpaired) electrons. The zero-order valence-corrected chi connectivity index (χ0v) is 15.7. The summed E-state index contributed by atoms with van der Waals surface area (Å²) in [6.07, 6.45) is 2.90. The standard InChI is InChI=1S/C19H23ClN2O4/c1-13(2)12-26-18(24)11-16-19(25)21-9-10-22(16)17(23)8-5-14-3-6-15(20)7-4-14/h3-8,13,16H,9-12H2,1-2H3,(H,21,25)/b8-5+. The van der Waals surface area contributed by atoms with E-state index in [1.165, 1.54) is 11.0 Å². The molecule has 0 saturated carbocycles. The first kappa shape index (κ1) is 20.0. The van der Waals surface area contributed by atoms with Crippen LogP contribution in [0.4, 0.5) is 0 Å². The summed E-state index contributed by atoms with van der Waals surface area (Å²) >= 11 is 5.84. The molecule has 1 aromatic rings. The Bertz CT molecular complexity index is 685. The van der Waals surface area contributed by atoms with Crippen molar-refractivity contribution in [3.05, 3.63) is 40.9 Å². The average molecular weight is 379 g/mol. The van der Waals surface area contributed by atoms with Gasteiger partial charge >= 0.3 is 5.97 Å². The third-order valence-corrected chi connectivity index (χ3v) is 4.09. The molecular weight excluding hydrogens is 356 g/mol. The van der Waals surface area contributed by atoms with E-state index in [-0.39, 0.29) is 30.8 Å². The van der Waals surface area contributed by atoms with E-state index in [1.54, 1.807) is 30.3 Å². The van der Waals surface area contributed by atoms with E-state index in [9.17, 15) is 14.4 Å². The molecule has 2 rings (SSSR count). The predicted octanol–water partition coefficient (Wildman–Crippen LogP) is 2.27. The van der Waals surface area contributed by atoms with Gasteiger partial charge in [-0.05, 0) is 29.7 Å². The number of hydrogen-bond donors (Lipinski definition) is 1. The molecule has 1 fully saturated rings. The molecule has 1 N–H and O–H groups in total. The summed E-state index contributed by atoms with van der Waals surface area (Å²) < 4.78 is 5.14. The number of hydrogen-bond acceptors (Lipinski definition) is 4. The smallest absolute Gasteiger partial charge is 0.308 e. The molecule has 26 heavy (non-hydrogen) atoms. The highest BCUT2D eigenvalue weighted by Gasteiger charge is 2.34. The van der Waals surface area contributed by atoms with Gasteiger partial charge in [0, 0.05) is 24.2 Å². The first-order chi connectivity index (χ1) is 12.4. The molecule has 7 heteroatoms. The summed E-state index contributed by atoms with van der Waals surface area (Å²) in [5.41, 5.74) is 0.817. The number of rotatable bonds is 6. The molecule has 1 aliphatic heterocycles. The van der Waals surface area contributed by atoms with Gasteiger partial charge in [0.2, 0.25) is 11.8 Å². The molecule has 0 aromatic heterocycles. The molecule has 1 atom stereocenters. The predicted molar refractivity (Wildman–Crippen MR) is 99.4 cm³/mol. The molecule has 0 spiro atoms. The summed E-state index contributed by atoms with van der Waals surface area (Å²) in [7, 11) is 0. The highest BCUT2D eigenvalue weighted by Crippen LogP contribution is 2.14. The van der Waals surface area contributed by atoms with Gasteiger partial charge in [-0.25, -0.2) is 0 Å². The van der Waals surface area contributed by atoms with Crippen LogP contribution in [0.2, 0.25) is 5.02 Å². The van der Waals surface area contributed by atoms with Crippen molar-refractivity contribution in [2.45, 2.75) is 26.3 Å². The molecule has 0 bridgehead atoms. The summed E-state index contributed by atoms with van der Waals surface area (Å²) in [5.74, 6) is -0.943. The third-order valence-electron chi connectivity index (χ3n) is 3.84. The van der Waals surface area contributed by atoms with Gasteiger partial charge in [0.15, 0.2) is 0 Å². The van der Waals surface area contributed by atoms with Crippen LogP contribution < -0.4 is 5.32 Å². The lowest BCUT2D eigenvalue weighted by molar-refractivity contribution is -0.151. The molecular formula is C19H23ClN2O4. The molecule has 1 unspecified atom stereocenters. The van der Waals surface area contributed by atoms with Gasteiger partial charge in [0.25, 0.3) is 0 Å². The number of piperazine rings is 1. The van der Waals surface area contributed by atoms with Gasteiger partial charge in [-0.2, -0.15) is 0 Å². The number of carbonyl (C=O) groups is 3. The van der Waals surface area contributed by atoms with Crippen LogP contribution in [0.3, 0.4) is 0 Å². The van der Waals surface area contributed by atoms with Gasteiger partial charge in [-0.15, -0.1) is 0 Å². The fourth-order valence-electron chi connectivity index (χ4n) is 2.49. The van der Waals surface area contributed by atoms with Crippen molar-refractivity contribution < 1.29 is 19.1 Å². The van der Waals surface area contributed by atoms with Gasteiger partial charge in [-0.3, -0.25) is 14.4 Å². The molecule has 0 aliphatic carbocycles. The van der Waals surface area contributed by atoms with Crippen LogP contribution in [0.1, 0.15) is 25.8 Å². The third kappa shape index (κ3) is 5.88. The molecule has 2 amide bonds. The van der Waals surface area contributed by atoms with E-state index in [0.717, 1.165) is 5.56 Å². The number of nitrogens with zero attached hydrogens (tertiary/aromatic N) is 1. The minimum Gasteiger partial charge on any atom is -0.465 e. The van der Waals surface area contributed by atoms with Gasteiger partial charge in [0.1, 0.15) is 6.04 Å². The number of carbonyl (C=O) groups excluding carboxylic acids is 3.